The quantitative estimate of drug-likeness (QED) is 0.639. The van der Waals surface area contributed by atoms with Crippen molar-refractivity contribution >= 4 is 22.6 Å². The Labute approximate surface area is 172 Å². The third-order valence-electron chi connectivity index (χ3n) is 5.63. The van der Waals surface area contributed by atoms with Crippen LogP contribution in [-0.2, 0) is 13.1 Å². The SMILES string of the molecule is CCCn1c(CN2CCCCCC2)nc2cc(NC(=O)c3ccccc3)ccc21. The van der Waals surface area contributed by atoms with Crippen molar-refractivity contribution in [3.05, 3.63) is 59.9 Å². The van der Waals surface area contributed by atoms with Crippen LogP contribution in [0.25, 0.3) is 11.0 Å². The van der Waals surface area contributed by atoms with Gasteiger partial charge in [0.2, 0.25) is 0 Å². The highest BCUT2D eigenvalue weighted by Gasteiger charge is 2.16. The molecule has 0 spiro atoms. The van der Waals surface area contributed by atoms with Crippen molar-refractivity contribution in [2.24, 2.45) is 0 Å². The van der Waals surface area contributed by atoms with Gasteiger partial charge in [-0.2, -0.15) is 0 Å². The van der Waals surface area contributed by atoms with Crippen LogP contribution in [0.1, 0.15) is 55.2 Å². The van der Waals surface area contributed by atoms with E-state index in [-0.39, 0.29) is 5.91 Å². The molecule has 1 aliphatic heterocycles. The first kappa shape index (κ1) is 19.6. The summed E-state index contributed by atoms with van der Waals surface area (Å²) in [4.78, 5) is 20.0. The molecule has 1 N–H and O–H groups in total. The van der Waals surface area contributed by atoms with Crippen LogP contribution < -0.4 is 5.32 Å². The summed E-state index contributed by atoms with van der Waals surface area (Å²) < 4.78 is 2.35. The highest BCUT2D eigenvalue weighted by Crippen LogP contribution is 2.23. The number of nitrogens with one attached hydrogen (secondary N) is 1. The molecule has 1 aliphatic rings. The van der Waals surface area contributed by atoms with E-state index in [2.05, 4.69) is 27.8 Å². The zero-order valence-corrected chi connectivity index (χ0v) is 17.2. The number of likely N-dealkylation sites (tertiary alicyclic amines) is 1. The molecule has 2 heterocycles. The molecule has 29 heavy (non-hydrogen) atoms. The lowest BCUT2D eigenvalue weighted by molar-refractivity contribution is 0.102. The number of benzene rings is 2. The van der Waals surface area contributed by atoms with Crippen LogP contribution in [0.3, 0.4) is 0 Å². The fourth-order valence-corrected chi connectivity index (χ4v) is 4.14. The van der Waals surface area contributed by atoms with Crippen LogP contribution in [0.5, 0.6) is 0 Å². The predicted octanol–water partition coefficient (Wildman–Crippen LogP) is 5.07. The van der Waals surface area contributed by atoms with E-state index in [1.165, 1.54) is 25.7 Å². The molecule has 0 bridgehead atoms. The van der Waals surface area contributed by atoms with Crippen molar-refractivity contribution in [3.8, 4) is 0 Å². The van der Waals surface area contributed by atoms with Crippen LogP contribution in [0, 0.1) is 0 Å². The van der Waals surface area contributed by atoms with E-state index in [9.17, 15) is 4.79 Å². The van der Waals surface area contributed by atoms with E-state index < -0.39 is 0 Å². The van der Waals surface area contributed by atoms with Crippen molar-refractivity contribution in [1.29, 1.82) is 0 Å². The molecule has 0 atom stereocenters. The summed E-state index contributed by atoms with van der Waals surface area (Å²) in [5, 5.41) is 3.00. The molecule has 0 radical (unpaired) electrons. The number of nitrogens with zero attached hydrogens (tertiary/aromatic N) is 3. The highest BCUT2D eigenvalue weighted by atomic mass is 16.1. The van der Waals surface area contributed by atoms with Gasteiger partial charge in [0.25, 0.3) is 5.91 Å². The molecule has 1 saturated heterocycles. The summed E-state index contributed by atoms with van der Waals surface area (Å²) in [5.41, 5.74) is 3.54. The molecule has 1 amide bonds. The van der Waals surface area contributed by atoms with E-state index in [0.29, 0.717) is 5.56 Å². The summed E-state index contributed by atoms with van der Waals surface area (Å²) in [6.07, 6.45) is 6.32. The van der Waals surface area contributed by atoms with Crippen molar-refractivity contribution in [2.45, 2.75) is 52.1 Å². The fraction of sp³-hybridized carbons (Fsp3) is 0.417. The number of imidazole rings is 1. The molecule has 3 aromatic rings. The molecular formula is C24H30N4O. The number of carbonyl (C=O) groups excluding carboxylic acids is 1. The average Bonchev–Trinajstić information content (AvgIpc) is 2.90. The molecular weight excluding hydrogens is 360 g/mol. The number of aromatic nitrogens is 2. The number of hydrogen-bond donors (Lipinski definition) is 1. The van der Waals surface area contributed by atoms with Crippen molar-refractivity contribution in [1.82, 2.24) is 14.5 Å². The topological polar surface area (TPSA) is 50.2 Å². The van der Waals surface area contributed by atoms with E-state index in [0.717, 1.165) is 55.1 Å². The van der Waals surface area contributed by atoms with Gasteiger partial charge in [-0.15, -0.1) is 0 Å². The first-order valence-electron chi connectivity index (χ1n) is 10.8. The number of amides is 1. The Morgan fingerprint density at radius 3 is 2.52 bits per heavy atom. The summed E-state index contributed by atoms with van der Waals surface area (Å²) in [6.45, 7) is 6.40. The highest BCUT2D eigenvalue weighted by molar-refractivity contribution is 6.04. The van der Waals surface area contributed by atoms with Crippen LogP contribution in [0.4, 0.5) is 5.69 Å². The van der Waals surface area contributed by atoms with Gasteiger partial charge >= 0.3 is 0 Å². The lowest BCUT2D eigenvalue weighted by Gasteiger charge is -2.20. The first-order chi connectivity index (χ1) is 14.2. The van der Waals surface area contributed by atoms with Gasteiger partial charge in [0, 0.05) is 17.8 Å². The van der Waals surface area contributed by atoms with E-state index in [1.54, 1.807) is 0 Å². The minimum Gasteiger partial charge on any atom is -0.327 e. The number of carbonyl (C=O) groups is 1. The molecule has 0 aliphatic carbocycles. The van der Waals surface area contributed by atoms with Gasteiger partial charge in [-0.1, -0.05) is 38.0 Å². The molecule has 2 aromatic carbocycles. The lowest BCUT2D eigenvalue weighted by atomic mass is 10.2. The molecule has 5 heteroatoms. The van der Waals surface area contributed by atoms with Gasteiger partial charge in [-0.05, 0) is 62.7 Å². The second kappa shape index (κ2) is 9.23. The minimum atomic E-state index is -0.0947. The molecule has 1 fully saturated rings. The maximum atomic E-state index is 12.5. The standard InChI is InChI=1S/C24H30N4O/c1-2-14-28-22-13-12-20(25-24(29)19-10-6-5-7-11-19)17-21(22)26-23(28)18-27-15-8-3-4-9-16-27/h5-7,10-13,17H,2-4,8-9,14-16,18H2,1H3,(H,25,29). The number of fused-ring (bicyclic) bond motifs is 1. The van der Waals surface area contributed by atoms with Gasteiger partial charge in [-0.25, -0.2) is 4.98 Å². The number of rotatable bonds is 6. The number of aryl methyl sites for hydroxylation is 1. The normalized spacial score (nSPS) is 15.3. The Hall–Kier alpha value is -2.66. The van der Waals surface area contributed by atoms with Gasteiger partial charge in [0.1, 0.15) is 5.82 Å². The summed E-state index contributed by atoms with van der Waals surface area (Å²) in [5.74, 6) is 1.04. The van der Waals surface area contributed by atoms with Crippen LogP contribution >= 0.6 is 0 Å². The lowest BCUT2D eigenvalue weighted by Crippen LogP contribution is -2.26. The zero-order chi connectivity index (χ0) is 20.1. The van der Waals surface area contributed by atoms with Gasteiger partial charge < -0.3 is 9.88 Å². The van der Waals surface area contributed by atoms with Gasteiger partial charge in [-0.3, -0.25) is 9.69 Å². The number of anilines is 1. The number of hydrogen-bond acceptors (Lipinski definition) is 3. The van der Waals surface area contributed by atoms with Crippen LogP contribution in [0.2, 0.25) is 0 Å². The minimum absolute atomic E-state index is 0.0947. The Kier molecular flexibility index (Phi) is 6.25. The van der Waals surface area contributed by atoms with Gasteiger partial charge in [0.05, 0.1) is 17.6 Å². The van der Waals surface area contributed by atoms with Crippen LogP contribution in [0.15, 0.2) is 48.5 Å². The van der Waals surface area contributed by atoms with Crippen molar-refractivity contribution < 1.29 is 4.79 Å². The van der Waals surface area contributed by atoms with Crippen molar-refractivity contribution in [2.75, 3.05) is 18.4 Å². The van der Waals surface area contributed by atoms with E-state index >= 15 is 0 Å². The molecule has 5 nitrogen and oxygen atoms in total. The molecule has 4 rings (SSSR count). The summed E-state index contributed by atoms with van der Waals surface area (Å²) in [7, 11) is 0. The Morgan fingerprint density at radius 2 is 1.79 bits per heavy atom. The average molecular weight is 391 g/mol. The monoisotopic (exact) mass is 390 g/mol. The van der Waals surface area contributed by atoms with Crippen LogP contribution in [-0.4, -0.2) is 33.4 Å². The second-order valence-electron chi connectivity index (χ2n) is 7.89. The Bertz CT molecular complexity index is 956. The molecule has 0 unspecified atom stereocenters. The van der Waals surface area contributed by atoms with E-state index in [1.807, 2.05) is 42.5 Å². The third kappa shape index (κ3) is 4.67. The first-order valence-corrected chi connectivity index (χ1v) is 10.8. The molecule has 152 valence electrons. The smallest absolute Gasteiger partial charge is 0.255 e. The van der Waals surface area contributed by atoms with Crippen molar-refractivity contribution in [3.63, 3.8) is 0 Å². The summed E-state index contributed by atoms with van der Waals surface area (Å²) in [6, 6.07) is 15.4. The van der Waals surface area contributed by atoms with Gasteiger partial charge in [0.15, 0.2) is 0 Å². The zero-order valence-electron chi connectivity index (χ0n) is 17.2. The summed E-state index contributed by atoms with van der Waals surface area (Å²) >= 11 is 0. The Morgan fingerprint density at radius 1 is 1.03 bits per heavy atom. The van der Waals surface area contributed by atoms with E-state index in [4.69, 9.17) is 4.98 Å². The Balaban J connectivity index is 1.58. The largest absolute Gasteiger partial charge is 0.327 e. The second-order valence-corrected chi connectivity index (χ2v) is 7.89. The fourth-order valence-electron chi connectivity index (χ4n) is 4.14. The maximum Gasteiger partial charge on any atom is 0.255 e. The predicted molar refractivity (Wildman–Crippen MR) is 118 cm³/mol. The molecule has 0 saturated carbocycles. The maximum absolute atomic E-state index is 12.5. The molecule has 1 aromatic heterocycles. The third-order valence-corrected chi connectivity index (χ3v) is 5.63.